The number of ether oxygens (including phenoxy) is 1. The van der Waals surface area contributed by atoms with Crippen LogP contribution in [0, 0.1) is 5.41 Å². The summed E-state index contributed by atoms with van der Waals surface area (Å²) in [5, 5.41) is 3.53. The van der Waals surface area contributed by atoms with Crippen LogP contribution in [-0.4, -0.2) is 49.8 Å². The maximum atomic E-state index is 5.48. The molecule has 0 saturated carbocycles. The molecular weight excluding hydrogens is 200 g/mol. The Labute approximate surface area is 101 Å². The highest BCUT2D eigenvalue weighted by atomic mass is 16.5. The summed E-state index contributed by atoms with van der Waals surface area (Å²) in [5.74, 6) is 0. The zero-order valence-corrected chi connectivity index (χ0v) is 11.5. The Morgan fingerprint density at radius 1 is 1.50 bits per heavy atom. The Balaban J connectivity index is 2.49. The highest BCUT2D eigenvalue weighted by molar-refractivity contribution is 4.86. The molecule has 3 nitrogen and oxygen atoms in total. The summed E-state index contributed by atoms with van der Waals surface area (Å²) in [5.41, 5.74) is 0.307. The summed E-state index contributed by atoms with van der Waals surface area (Å²) in [7, 11) is 0. The third-order valence-electron chi connectivity index (χ3n) is 3.80. The minimum absolute atomic E-state index is 0.307. The summed E-state index contributed by atoms with van der Waals surface area (Å²) in [6.07, 6.45) is 0. The van der Waals surface area contributed by atoms with Crippen molar-refractivity contribution in [1.29, 1.82) is 0 Å². The van der Waals surface area contributed by atoms with Crippen LogP contribution in [-0.2, 0) is 4.74 Å². The van der Waals surface area contributed by atoms with Gasteiger partial charge in [0, 0.05) is 25.2 Å². The fraction of sp³-hybridized carbons (Fsp3) is 1.00. The highest BCUT2D eigenvalue weighted by Gasteiger charge is 2.30. The summed E-state index contributed by atoms with van der Waals surface area (Å²) < 4.78 is 5.48. The number of nitrogens with one attached hydrogen (secondary N) is 1. The second-order valence-corrected chi connectivity index (χ2v) is 5.66. The summed E-state index contributed by atoms with van der Waals surface area (Å²) >= 11 is 0. The van der Waals surface area contributed by atoms with Crippen LogP contribution < -0.4 is 5.32 Å². The highest BCUT2D eigenvalue weighted by Crippen LogP contribution is 2.24. The van der Waals surface area contributed by atoms with Gasteiger partial charge in [-0.3, -0.25) is 4.90 Å². The quantitative estimate of drug-likeness (QED) is 0.775. The van der Waals surface area contributed by atoms with E-state index in [1.165, 1.54) is 0 Å². The largest absolute Gasteiger partial charge is 0.379 e. The molecule has 0 aromatic rings. The maximum Gasteiger partial charge on any atom is 0.0619 e. The summed E-state index contributed by atoms with van der Waals surface area (Å²) in [6.45, 7) is 16.4. The van der Waals surface area contributed by atoms with E-state index in [0.717, 1.165) is 32.8 Å². The van der Waals surface area contributed by atoms with E-state index in [1.807, 2.05) is 0 Å². The lowest BCUT2D eigenvalue weighted by atomic mass is 9.84. The minimum Gasteiger partial charge on any atom is -0.379 e. The van der Waals surface area contributed by atoms with Gasteiger partial charge in [0.05, 0.1) is 13.2 Å². The molecule has 16 heavy (non-hydrogen) atoms. The van der Waals surface area contributed by atoms with Crippen molar-refractivity contribution < 1.29 is 4.74 Å². The van der Waals surface area contributed by atoms with Gasteiger partial charge in [-0.05, 0) is 25.8 Å². The molecule has 1 rings (SSSR count). The molecule has 1 aliphatic rings. The van der Waals surface area contributed by atoms with Crippen LogP contribution in [0.4, 0.5) is 0 Å². The first-order chi connectivity index (χ1) is 7.47. The molecule has 0 aromatic carbocycles. The fourth-order valence-electron chi connectivity index (χ4n) is 2.24. The fourth-order valence-corrected chi connectivity index (χ4v) is 2.24. The first kappa shape index (κ1) is 13.9. The van der Waals surface area contributed by atoms with E-state index in [9.17, 15) is 0 Å². The molecule has 0 spiro atoms. The Morgan fingerprint density at radius 2 is 2.19 bits per heavy atom. The van der Waals surface area contributed by atoms with Gasteiger partial charge in [0.15, 0.2) is 0 Å². The molecular formula is C13H28N2O. The molecule has 0 radical (unpaired) electrons. The number of hydrogen-bond donors (Lipinski definition) is 1. The van der Waals surface area contributed by atoms with Crippen molar-refractivity contribution in [2.24, 2.45) is 5.41 Å². The van der Waals surface area contributed by atoms with E-state index in [1.54, 1.807) is 0 Å². The zero-order valence-electron chi connectivity index (χ0n) is 11.5. The van der Waals surface area contributed by atoms with Crippen LogP contribution in [0.1, 0.15) is 34.6 Å². The monoisotopic (exact) mass is 228 g/mol. The van der Waals surface area contributed by atoms with Crippen molar-refractivity contribution in [3.8, 4) is 0 Å². The molecule has 1 saturated heterocycles. The first-order valence-corrected chi connectivity index (χ1v) is 6.52. The normalized spacial score (nSPS) is 25.7. The molecule has 0 amide bonds. The molecule has 1 heterocycles. The third kappa shape index (κ3) is 3.72. The molecule has 2 atom stereocenters. The van der Waals surface area contributed by atoms with Crippen LogP contribution in [0.15, 0.2) is 0 Å². The van der Waals surface area contributed by atoms with Crippen molar-refractivity contribution in [2.75, 3.05) is 32.8 Å². The molecule has 96 valence electrons. The summed E-state index contributed by atoms with van der Waals surface area (Å²) in [4.78, 5) is 2.55. The minimum atomic E-state index is 0.307. The topological polar surface area (TPSA) is 24.5 Å². The number of hydrogen-bond acceptors (Lipinski definition) is 3. The molecule has 0 aromatic heterocycles. The number of nitrogens with zero attached hydrogens (tertiary/aromatic N) is 1. The number of rotatable bonds is 5. The van der Waals surface area contributed by atoms with E-state index in [-0.39, 0.29) is 0 Å². The van der Waals surface area contributed by atoms with Gasteiger partial charge in [0.25, 0.3) is 0 Å². The van der Waals surface area contributed by atoms with Crippen molar-refractivity contribution >= 4 is 0 Å². The molecule has 0 aliphatic carbocycles. The summed E-state index contributed by atoms with van der Waals surface area (Å²) in [6, 6.07) is 1.11. The van der Waals surface area contributed by atoms with Gasteiger partial charge >= 0.3 is 0 Å². The van der Waals surface area contributed by atoms with Gasteiger partial charge in [-0.25, -0.2) is 0 Å². The van der Waals surface area contributed by atoms with Crippen LogP contribution in [0.25, 0.3) is 0 Å². The van der Waals surface area contributed by atoms with Crippen molar-refractivity contribution in [1.82, 2.24) is 10.2 Å². The molecule has 0 bridgehead atoms. The van der Waals surface area contributed by atoms with Gasteiger partial charge in [0.1, 0.15) is 0 Å². The lowest BCUT2D eigenvalue weighted by Gasteiger charge is -2.41. The molecule has 3 heteroatoms. The van der Waals surface area contributed by atoms with Crippen molar-refractivity contribution in [2.45, 2.75) is 46.7 Å². The molecule has 2 unspecified atom stereocenters. The van der Waals surface area contributed by atoms with Gasteiger partial charge in [-0.15, -0.1) is 0 Å². The van der Waals surface area contributed by atoms with Crippen LogP contribution in [0.5, 0.6) is 0 Å². The zero-order chi connectivity index (χ0) is 12.2. The smallest absolute Gasteiger partial charge is 0.0619 e. The Kier molecular flexibility index (Phi) is 5.22. The van der Waals surface area contributed by atoms with E-state index in [2.05, 4.69) is 44.8 Å². The van der Waals surface area contributed by atoms with Crippen LogP contribution in [0.3, 0.4) is 0 Å². The Hall–Kier alpha value is -0.120. The molecule has 1 N–H and O–H groups in total. The lowest BCUT2D eigenvalue weighted by molar-refractivity contribution is -0.0200. The molecule has 1 aliphatic heterocycles. The second kappa shape index (κ2) is 5.99. The first-order valence-electron chi connectivity index (χ1n) is 6.52. The van der Waals surface area contributed by atoms with Crippen LogP contribution >= 0.6 is 0 Å². The predicted octanol–water partition coefficient (Wildman–Crippen LogP) is 1.73. The van der Waals surface area contributed by atoms with E-state index in [4.69, 9.17) is 4.74 Å². The second-order valence-electron chi connectivity index (χ2n) is 5.66. The SMILES string of the molecule is CCNC(C)C(C)(C)CN1CCOCC1C. The van der Waals surface area contributed by atoms with E-state index in [0.29, 0.717) is 17.5 Å². The van der Waals surface area contributed by atoms with Crippen molar-refractivity contribution in [3.05, 3.63) is 0 Å². The van der Waals surface area contributed by atoms with Gasteiger partial charge in [0.2, 0.25) is 0 Å². The Bertz CT molecular complexity index is 206. The maximum absolute atomic E-state index is 5.48. The van der Waals surface area contributed by atoms with E-state index >= 15 is 0 Å². The average molecular weight is 228 g/mol. The van der Waals surface area contributed by atoms with Gasteiger partial charge in [-0.2, -0.15) is 0 Å². The standard InChI is InChI=1S/C13H28N2O/c1-6-14-12(3)13(4,5)10-15-7-8-16-9-11(15)2/h11-12,14H,6-10H2,1-5H3. The predicted molar refractivity (Wildman–Crippen MR) is 68.8 cm³/mol. The van der Waals surface area contributed by atoms with Gasteiger partial charge in [-0.1, -0.05) is 20.8 Å². The van der Waals surface area contributed by atoms with Gasteiger partial charge < -0.3 is 10.1 Å². The van der Waals surface area contributed by atoms with Crippen LogP contribution in [0.2, 0.25) is 0 Å². The van der Waals surface area contributed by atoms with E-state index < -0.39 is 0 Å². The lowest BCUT2D eigenvalue weighted by Crippen LogP contribution is -2.52. The Morgan fingerprint density at radius 3 is 2.75 bits per heavy atom. The number of morpholine rings is 1. The van der Waals surface area contributed by atoms with Crippen molar-refractivity contribution in [3.63, 3.8) is 0 Å². The third-order valence-corrected chi connectivity index (χ3v) is 3.80. The average Bonchev–Trinajstić information content (AvgIpc) is 2.21. The molecule has 1 fully saturated rings.